The van der Waals surface area contributed by atoms with Crippen molar-refractivity contribution in [2.75, 3.05) is 0 Å². The van der Waals surface area contributed by atoms with Gasteiger partial charge >= 0.3 is 0 Å². The van der Waals surface area contributed by atoms with Gasteiger partial charge in [-0.3, -0.25) is 0 Å². The van der Waals surface area contributed by atoms with Crippen molar-refractivity contribution >= 4 is 0 Å². The Bertz CT molecular complexity index is 516. The van der Waals surface area contributed by atoms with E-state index >= 15 is 0 Å². The van der Waals surface area contributed by atoms with Crippen LogP contribution in [-0.4, -0.2) is 0 Å². The lowest BCUT2D eigenvalue weighted by atomic mass is 9.98. The zero-order valence-corrected chi connectivity index (χ0v) is 11.4. The molecule has 3 rings (SSSR count). The molecule has 1 fully saturated rings. The van der Waals surface area contributed by atoms with Gasteiger partial charge < -0.3 is 0 Å². The van der Waals surface area contributed by atoms with Crippen molar-refractivity contribution in [2.45, 2.75) is 32.6 Å². The van der Waals surface area contributed by atoms with E-state index in [1.165, 1.54) is 11.1 Å². The van der Waals surface area contributed by atoms with Crippen molar-refractivity contribution in [1.29, 1.82) is 0 Å². The predicted molar refractivity (Wildman–Crippen MR) is 77.0 cm³/mol. The topological polar surface area (TPSA) is 0 Å². The van der Waals surface area contributed by atoms with Gasteiger partial charge in [0.15, 0.2) is 0 Å². The van der Waals surface area contributed by atoms with Crippen LogP contribution >= 0.6 is 0 Å². The molecule has 0 nitrogen and oxygen atoms in total. The van der Waals surface area contributed by atoms with E-state index in [1.54, 1.807) is 11.1 Å². The lowest BCUT2D eigenvalue weighted by Crippen LogP contribution is -1.90. The number of aryl methyl sites for hydroxylation is 2. The van der Waals surface area contributed by atoms with Crippen LogP contribution in [0.2, 0.25) is 0 Å². The molecule has 1 saturated carbocycles. The monoisotopic (exact) mass is 236 g/mol. The van der Waals surface area contributed by atoms with Crippen LogP contribution in [0, 0.1) is 19.8 Å². The molecule has 2 aromatic rings. The Morgan fingerprint density at radius 3 is 1.44 bits per heavy atom. The van der Waals surface area contributed by atoms with Gasteiger partial charge in [0.1, 0.15) is 0 Å². The summed E-state index contributed by atoms with van der Waals surface area (Å²) in [7, 11) is 0. The first-order valence-corrected chi connectivity index (χ1v) is 6.81. The summed E-state index contributed by atoms with van der Waals surface area (Å²) >= 11 is 0. The van der Waals surface area contributed by atoms with Gasteiger partial charge in [-0.1, -0.05) is 55.5 Å². The molecule has 2 unspecified atom stereocenters. The summed E-state index contributed by atoms with van der Waals surface area (Å²) in [5.41, 5.74) is 5.95. The van der Waals surface area contributed by atoms with Crippen molar-refractivity contribution in [3.63, 3.8) is 0 Å². The first kappa shape index (κ1) is 11.5. The Balaban J connectivity index is 1.95. The molecular formula is C18H20. The third kappa shape index (κ3) is 1.77. The second kappa shape index (κ2) is 4.28. The maximum absolute atomic E-state index is 2.38. The fourth-order valence-electron chi connectivity index (χ4n) is 3.34. The molecule has 0 aliphatic heterocycles. The largest absolute Gasteiger partial charge is 0.0620 e. The van der Waals surface area contributed by atoms with Gasteiger partial charge in [-0.15, -0.1) is 0 Å². The van der Waals surface area contributed by atoms with Crippen LogP contribution in [0.1, 0.15) is 41.0 Å². The smallest absolute Gasteiger partial charge is 0.00558 e. The minimum atomic E-state index is 0.715. The third-order valence-electron chi connectivity index (χ3n) is 4.47. The standard InChI is InChI=1S/C18H20/c1-12-8-4-6-10-15(12)17-14(3)18(17)16-11-7-5-9-13(16)2/h4-11,14,17-18H,1-3H3. The lowest BCUT2D eigenvalue weighted by molar-refractivity contribution is 0.890. The molecule has 0 bridgehead atoms. The first-order chi connectivity index (χ1) is 8.70. The molecule has 0 spiro atoms. The van der Waals surface area contributed by atoms with Gasteiger partial charge in [0.05, 0.1) is 0 Å². The fourth-order valence-corrected chi connectivity index (χ4v) is 3.34. The van der Waals surface area contributed by atoms with Crippen molar-refractivity contribution in [3.05, 3.63) is 70.8 Å². The highest BCUT2D eigenvalue weighted by Gasteiger charge is 2.49. The van der Waals surface area contributed by atoms with Gasteiger partial charge in [0, 0.05) is 0 Å². The molecule has 0 amide bonds. The second-order valence-corrected chi connectivity index (χ2v) is 5.62. The van der Waals surface area contributed by atoms with Crippen LogP contribution in [0.25, 0.3) is 0 Å². The molecule has 0 heteroatoms. The van der Waals surface area contributed by atoms with E-state index in [0.717, 1.165) is 5.92 Å². The van der Waals surface area contributed by atoms with Crippen LogP contribution < -0.4 is 0 Å². The Hall–Kier alpha value is -1.56. The van der Waals surface area contributed by atoms with E-state index in [2.05, 4.69) is 69.3 Å². The van der Waals surface area contributed by atoms with Crippen LogP contribution in [-0.2, 0) is 0 Å². The molecule has 0 radical (unpaired) electrons. The van der Waals surface area contributed by atoms with Crippen LogP contribution in [0.5, 0.6) is 0 Å². The van der Waals surface area contributed by atoms with Gasteiger partial charge in [0.25, 0.3) is 0 Å². The number of hydrogen-bond acceptors (Lipinski definition) is 0. The summed E-state index contributed by atoms with van der Waals surface area (Å²) in [5, 5.41) is 0. The van der Waals surface area contributed by atoms with Crippen LogP contribution in [0.3, 0.4) is 0 Å². The molecular weight excluding hydrogens is 216 g/mol. The summed E-state index contributed by atoms with van der Waals surface area (Å²) in [5.74, 6) is 2.20. The SMILES string of the molecule is Cc1ccccc1C1C(C)C1c1ccccc1C. The third-order valence-corrected chi connectivity index (χ3v) is 4.47. The minimum absolute atomic E-state index is 0.715. The molecule has 0 aromatic heterocycles. The molecule has 0 N–H and O–H groups in total. The highest BCUT2D eigenvalue weighted by atomic mass is 14.5. The highest BCUT2D eigenvalue weighted by molar-refractivity contribution is 5.44. The summed E-state index contributed by atoms with van der Waals surface area (Å²) < 4.78 is 0. The highest BCUT2D eigenvalue weighted by Crippen LogP contribution is 2.61. The summed E-state index contributed by atoms with van der Waals surface area (Å²) in [6.07, 6.45) is 0. The zero-order valence-electron chi connectivity index (χ0n) is 11.4. The number of benzene rings is 2. The molecule has 2 aromatic carbocycles. The molecule has 1 aliphatic carbocycles. The Morgan fingerprint density at radius 2 is 1.06 bits per heavy atom. The van der Waals surface area contributed by atoms with E-state index in [1.807, 2.05) is 0 Å². The zero-order chi connectivity index (χ0) is 12.7. The molecule has 92 valence electrons. The molecule has 0 saturated heterocycles. The van der Waals surface area contributed by atoms with Gasteiger partial charge in [-0.05, 0) is 53.9 Å². The van der Waals surface area contributed by atoms with Crippen molar-refractivity contribution < 1.29 is 0 Å². The fraction of sp³-hybridized carbons (Fsp3) is 0.333. The van der Waals surface area contributed by atoms with E-state index in [0.29, 0.717) is 11.8 Å². The molecule has 18 heavy (non-hydrogen) atoms. The van der Waals surface area contributed by atoms with E-state index < -0.39 is 0 Å². The van der Waals surface area contributed by atoms with Gasteiger partial charge in [-0.2, -0.15) is 0 Å². The maximum atomic E-state index is 2.38. The quantitative estimate of drug-likeness (QED) is 0.701. The normalized spacial score (nSPS) is 26.1. The molecule has 0 heterocycles. The molecule has 2 atom stereocenters. The second-order valence-electron chi connectivity index (χ2n) is 5.62. The van der Waals surface area contributed by atoms with Crippen LogP contribution in [0.4, 0.5) is 0 Å². The van der Waals surface area contributed by atoms with Crippen LogP contribution in [0.15, 0.2) is 48.5 Å². The van der Waals surface area contributed by atoms with Gasteiger partial charge in [-0.25, -0.2) is 0 Å². The van der Waals surface area contributed by atoms with Gasteiger partial charge in [0.2, 0.25) is 0 Å². The maximum Gasteiger partial charge on any atom is -0.00558 e. The minimum Gasteiger partial charge on any atom is -0.0620 e. The van der Waals surface area contributed by atoms with E-state index in [9.17, 15) is 0 Å². The lowest BCUT2D eigenvalue weighted by Gasteiger charge is -2.07. The Labute approximate surface area is 110 Å². The number of hydrogen-bond donors (Lipinski definition) is 0. The Morgan fingerprint density at radius 1 is 0.667 bits per heavy atom. The predicted octanol–water partition coefficient (Wildman–Crippen LogP) is 4.82. The van der Waals surface area contributed by atoms with Crippen molar-refractivity contribution in [1.82, 2.24) is 0 Å². The average Bonchev–Trinajstić information content (AvgIpc) is 3.02. The first-order valence-electron chi connectivity index (χ1n) is 6.81. The summed E-state index contributed by atoms with van der Waals surface area (Å²) in [6, 6.07) is 17.7. The Kier molecular flexibility index (Phi) is 2.74. The van der Waals surface area contributed by atoms with Crippen molar-refractivity contribution in [3.8, 4) is 0 Å². The van der Waals surface area contributed by atoms with E-state index in [4.69, 9.17) is 0 Å². The molecule has 1 aliphatic rings. The summed E-state index contributed by atoms with van der Waals surface area (Å²) in [6.45, 7) is 6.85. The van der Waals surface area contributed by atoms with E-state index in [-0.39, 0.29) is 0 Å². The average molecular weight is 236 g/mol. The number of rotatable bonds is 2. The van der Waals surface area contributed by atoms with Crippen molar-refractivity contribution in [2.24, 2.45) is 5.92 Å². The summed E-state index contributed by atoms with van der Waals surface area (Å²) in [4.78, 5) is 0.